The molecule has 0 amide bonds. The van der Waals surface area contributed by atoms with Gasteiger partial charge in [-0.3, -0.25) is 0 Å². The predicted molar refractivity (Wildman–Crippen MR) is 75.4 cm³/mol. The van der Waals surface area contributed by atoms with Crippen LogP contribution in [0.4, 0.5) is 5.82 Å². The van der Waals surface area contributed by atoms with Crippen LogP contribution in [0.1, 0.15) is 0 Å². The average Bonchev–Trinajstić information content (AvgIpc) is 2.88. The van der Waals surface area contributed by atoms with Crippen LogP contribution in [0, 0.1) is 10.1 Å². The fourth-order valence-corrected chi connectivity index (χ4v) is 3.52. The van der Waals surface area contributed by atoms with Crippen molar-refractivity contribution in [2.75, 3.05) is 0 Å². The van der Waals surface area contributed by atoms with Crippen LogP contribution in [0.15, 0.2) is 59.6 Å². The van der Waals surface area contributed by atoms with Gasteiger partial charge in [-0.1, -0.05) is 22.2 Å². The highest BCUT2D eigenvalue weighted by atomic mass is 32.2. The highest BCUT2D eigenvalue weighted by molar-refractivity contribution is 7.90. The number of rotatable bonds is 3. The molecule has 0 saturated heterocycles. The Bertz CT molecular complexity index is 932. The van der Waals surface area contributed by atoms with Crippen LogP contribution in [0.2, 0.25) is 0 Å². The van der Waals surface area contributed by atoms with Crippen LogP contribution < -0.4 is 0 Å². The van der Waals surface area contributed by atoms with E-state index in [9.17, 15) is 18.5 Å². The van der Waals surface area contributed by atoms with Gasteiger partial charge in [-0.15, -0.1) is 0 Å². The standard InChI is InChI=1S/C13H9N3O4S/c17-16(18)12-9-10-5-4-8-14-13(10)15(12)21(19,20)11-6-2-1-3-7-11/h1-9H. The zero-order chi connectivity index (χ0) is 15.0. The zero-order valence-electron chi connectivity index (χ0n) is 10.6. The maximum absolute atomic E-state index is 12.7. The molecular weight excluding hydrogens is 294 g/mol. The molecule has 0 spiro atoms. The van der Waals surface area contributed by atoms with E-state index >= 15 is 0 Å². The number of nitrogens with zero attached hydrogens (tertiary/aromatic N) is 3. The fourth-order valence-electron chi connectivity index (χ4n) is 2.06. The van der Waals surface area contributed by atoms with Crippen molar-refractivity contribution in [1.82, 2.24) is 8.96 Å². The minimum absolute atomic E-state index is 0.0312. The maximum Gasteiger partial charge on any atom is 0.341 e. The normalized spacial score (nSPS) is 11.6. The maximum atomic E-state index is 12.7. The van der Waals surface area contributed by atoms with Crippen LogP contribution in [-0.2, 0) is 10.0 Å². The number of hydrogen-bond donors (Lipinski definition) is 0. The molecule has 106 valence electrons. The Morgan fingerprint density at radius 1 is 1.10 bits per heavy atom. The minimum Gasteiger partial charge on any atom is -0.358 e. The Hall–Kier alpha value is -2.74. The number of hydrogen-bond acceptors (Lipinski definition) is 5. The van der Waals surface area contributed by atoms with Crippen LogP contribution in [0.5, 0.6) is 0 Å². The lowest BCUT2D eigenvalue weighted by Crippen LogP contribution is -2.15. The van der Waals surface area contributed by atoms with Gasteiger partial charge < -0.3 is 10.1 Å². The second-order valence-electron chi connectivity index (χ2n) is 4.26. The Kier molecular flexibility index (Phi) is 2.95. The van der Waals surface area contributed by atoms with Gasteiger partial charge in [0, 0.05) is 12.3 Å². The van der Waals surface area contributed by atoms with Crippen molar-refractivity contribution < 1.29 is 13.3 Å². The van der Waals surface area contributed by atoms with Gasteiger partial charge in [-0.2, -0.15) is 8.42 Å². The van der Waals surface area contributed by atoms with Gasteiger partial charge in [0.15, 0.2) is 0 Å². The minimum atomic E-state index is -4.09. The Morgan fingerprint density at radius 2 is 1.81 bits per heavy atom. The Morgan fingerprint density at radius 3 is 2.48 bits per heavy atom. The molecule has 2 heterocycles. The van der Waals surface area contributed by atoms with Crippen LogP contribution in [0.3, 0.4) is 0 Å². The summed E-state index contributed by atoms with van der Waals surface area (Å²) >= 11 is 0. The molecule has 0 aliphatic carbocycles. The molecule has 3 aromatic rings. The van der Waals surface area contributed by atoms with E-state index in [1.807, 2.05) is 0 Å². The van der Waals surface area contributed by atoms with Crippen molar-refractivity contribution in [1.29, 1.82) is 0 Å². The second kappa shape index (κ2) is 4.67. The average molecular weight is 303 g/mol. The highest BCUT2D eigenvalue weighted by Gasteiger charge is 2.32. The number of nitro groups is 1. The molecule has 0 aliphatic rings. The molecule has 21 heavy (non-hydrogen) atoms. The van der Waals surface area contributed by atoms with Crippen molar-refractivity contribution in [3.05, 3.63) is 64.8 Å². The van der Waals surface area contributed by atoms with Crippen molar-refractivity contribution in [2.24, 2.45) is 0 Å². The summed E-state index contributed by atoms with van der Waals surface area (Å²) < 4.78 is 26.0. The third-order valence-corrected chi connectivity index (χ3v) is 4.68. The molecule has 0 unspecified atom stereocenters. The SMILES string of the molecule is O=[N+]([O-])c1cc2cccnc2n1S(=O)(=O)c1ccccc1. The van der Waals surface area contributed by atoms with Gasteiger partial charge in [0.2, 0.25) is 5.65 Å². The molecule has 2 aromatic heterocycles. The summed E-state index contributed by atoms with van der Waals surface area (Å²) in [6.07, 6.45) is 1.39. The predicted octanol–water partition coefficient (Wildman–Crippen LogP) is 2.18. The molecule has 1 aromatic carbocycles. The summed E-state index contributed by atoms with van der Waals surface area (Å²) in [6, 6.07) is 11.9. The quantitative estimate of drug-likeness (QED) is 0.546. The molecule has 0 N–H and O–H groups in total. The van der Waals surface area contributed by atoms with Crippen molar-refractivity contribution in [3.8, 4) is 0 Å². The molecule has 0 bridgehead atoms. The van der Waals surface area contributed by atoms with E-state index in [0.29, 0.717) is 9.36 Å². The zero-order valence-corrected chi connectivity index (χ0v) is 11.4. The molecule has 7 nitrogen and oxygen atoms in total. The van der Waals surface area contributed by atoms with Gasteiger partial charge >= 0.3 is 15.8 Å². The Labute approximate surface area is 119 Å². The molecular formula is C13H9N3O4S. The van der Waals surface area contributed by atoms with E-state index in [0.717, 1.165) is 0 Å². The van der Waals surface area contributed by atoms with Crippen LogP contribution >= 0.6 is 0 Å². The van der Waals surface area contributed by atoms with Gasteiger partial charge in [-0.25, -0.2) is 4.98 Å². The summed E-state index contributed by atoms with van der Waals surface area (Å²) in [5.41, 5.74) is 0.0352. The van der Waals surface area contributed by atoms with Gasteiger partial charge in [0.25, 0.3) is 0 Å². The van der Waals surface area contributed by atoms with Crippen LogP contribution in [-0.4, -0.2) is 22.3 Å². The first-order valence-corrected chi connectivity index (χ1v) is 7.37. The molecule has 0 radical (unpaired) electrons. The van der Waals surface area contributed by atoms with Crippen molar-refractivity contribution >= 4 is 26.9 Å². The molecule has 0 saturated carbocycles. The highest BCUT2D eigenvalue weighted by Crippen LogP contribution is 2.28. The Balaban J connectivity index is 2.39. The monoisotopic (exact) mass is 303 g/mol. The molecule has 3 rings (SSSR count). The van der Waals surface area contributed by atoms with Crippen molar-refractivity contribution in [3.63, 3.8) is 0 Å². The first-order chi connectivity index (χ1) is 10.0. The number of pyridine rings is 1. The second-order valence-corrected chi connectivity index (χ2v) is 6.05. The molecule has 0 atom stereocenters. The van der Waals surface area contributed by atoms with E-state index < -0.39 is 20.8 Å². The largest absolute Gasteiger partial charge is 0.358 e. The van der Waals surface area contributed by atoms with Gasteiger partial charge in [-0.05, 0) is 29.2 Å². The van der Waals surface area contributed by atoms with E-state index in [1.165, 1.54) is 24.4 Å². The third-order valence-electron chi connectivity index (χ3n) is 2.97. The van der Waals surface area contributed by atoms with E-state index in [-0.39, 0.29) is 10.5 Å². The van der Waals surface area contributed by atoms with Crippen molar-refractivity contribution in [2.45, 2.75) is 4.90 Å². The summed E-state index contributed by atoms with van der Waals surface area (Å²) in [5, 5.41) is 11.6. The topological polar surface area (TPSA) is 95.1 Å². The lowest BCUT2D eigenvalue weighted by atomic mass is 10.3. The van der Waals surface area contributed by atoms with Gasteiger partial charge in [0.1, 0.15) is 4.90 Å². The first kappa shape index (κ1) is 13.3. The third kappa shape index (κ3) is 2.05. The fraction of sp³-hybridized carbons (Fsp3) is 0. The molecule has 0 aliphatic heterocycles. The first-order valence-electron chi connectivity index (χ1n) is 5.93. The molecule has 8 heteroatoms. The summed E-state index contributed by atoms with van der Waals surface area (Å²) in [5.74, 6) is -0.535. The summed E-state index contributed by atoms with van der Waals surface area (Å²) in [4.78, 5) is 14.4. The summed E-state index contributed by atoms with van der Waals surface area (Å²) in [7, 11) is -4.09. The van der Waals surface area contributed by atoms with E-state index in [1.54, 1.807) is 30.3 Å². The molecule has 0 fully saturated rings. The van der Waals surface area contributed by atoms with Crippen LogP contribution in [0.25, 0.3) is 11.0 Å². The van der Waals surface area contributed by atoms with E-state index in [4.69, 9.17) is 0 Å². The number of aromatic nitrogens is 2. The smallest absolute Gasteiger partial charge is 0.341 e. The number of fused-ring (bicyclic) bond motifs is 1. The summed E-state index contributed by atoms with van der Waals surface area (Å²) in [6.45, 7) is 0. The van der Waals surface area contributed by atoms with E-state index in [2.05, 4.69) is 4.98 Å². The van der Waals surface area contributed by atoms with Gasteiger partial charge in [0.05, 0.1) is 5.39 Å². The lowest BCUT2D eigenvalue weighted by Gasteiger charge is -2.03. The lowest BCUT2D eigenvalue weighted by molar-refractivity contribution is -0.389. The number of benzene rings is 1.